The Labute approximate surface area is 87.3 Å². The number of rotatable bonds is 6. The number of methoxy groups -OCH3 is 1. The van der Waals surface area contributed by atoms with Crippen LogP contribution in [0.2, 0.25) is 0 Å². The van der Waals surface area contributed by atoms with E-state index in [1.165, 1.54) is 20.0 Å². The number of hydrogen-bond donors (Lipinski definition) is 0. The molecule has 0 rings (SSSR count). The maximum Gasteiger partial charge on any atom is 0.330 e. The number of esters is 1. The lowest BCUT2D eigenvalue weighted by atomic mass is 9.98. The van der Waals surface area contributed by atoms with Gasteiger partial charge in [-0.05, 0) is 25.7 Å². The first kappa shape index (κ1) is 13.2. The van der Waals surface area contributed by atoms with Gasteiger partial charge < -0.3 is 4.74 Å². The van der Waals surface area contributed by atoms with Gasteiger partial charge in [-0.2, -0.15) is 0 Å². The van der Waals surface area contributed by atoms with E-state index >= 15 is 0 Å². The summed E-state index contributed by atoms with van der Waals surface area (Å²) in [5, 5.41) is 0. The van der Waals surface area contributed by atoms with Crippen molar-refractivity contribution in [3.05, 3.63) is 11.6 Å². The summed E-state index contributed by atoms with van der Waals surface area (Å²) in [6.07, 6.45) is 6.24. The Balaban J connectivity index is 3.77. The minimum Gasteiger partial charge on any atom is -0.466 e. The van der Waals surface area contributed by atoms with E-state index in [4.69, 9.17) is 0 Å². The molecular formula is C12H22O2. The van der Waals surface area contributed by atoms with Crippen LogP contribution >= 0.6 is 0 Å². The second kappa shape index (κ2) is 7.60. The Morgan fingerprint density at radius 2 is 2.07 bits per heavy atom. The normalized spacial score (nSPS) is 13.9. The van der Waals surface area contributed by atoms with Crippen LogP contribution in [0.4, 0.5) is 0 Å². The van der Waals surface area contributed by atoms with E-state index in [-0.39, 0.29) is 5.97 Å². The lowest BCUT2D eigenvalue weighted by molar-refractivity contribution is -0.134. The molecule has 0 aliphatic carbocycles. The topological polar surface area (TPSA) is 26.3 Å². The third-order valence-corrected chi connectivity index (χ3v) is 2.38. The molecule has 0 fully saturated rings. The highest BCUT2D eigenvalue weighted by molar-refractivity contribution is 5.82. The highest BCUT2D eigenvalue weighted by Gasteiger charge is 2.02. The van der Waals surface area contributed by atoms with Gasteiger partial charge in [-0.3, -0.25) is 0 Å². The Morgan fingerprint density at radius 3 is 2.57 bits per heavy atom. The van der Waals surface area contributed by atoms with Crippen molar-refractivity contribution in [1.29, 1.82) is 0 Å². The van der Waals surface area contributed by atoms with Gasteiger partial charge in [-0.25, -0.2) is 4.79 Å². The molecule has 14 heavy (non-hydrogen) atoms. The highest BCUT2D eigenvalue weighted by Crippen LogP contribution is 2.15. The summed E-state index contributed by atoms with van der Waals surface area (Å²) >= 11 is 0. The zero-order chi connectivity index (χ0) is 11.0. The molecule has 0 aliphatic rings. The minimum atomic E-state index is -0.245. The maximum absolute atomic E-state index is 10.9. The second-order valence-electron chi connectivity index (χ2n) is 3.95. The van der Waals surface area contributed by atoms with Crippen LogP contribution in [-0.4, -0.2) is 13.1 Å². The van der Waals surface area contributed by atoms with Crippen molar-refractivity contribution >= 4 is 5.97 Å². The van der Waals surface area contributed by atoms with Crippen molar-refractivity contribution in [2.75, 3.05) is 7.11 Å². The summed E-state index contributed by atoms with van der Waals surface area (Å²) in [5.41, 5.74) is 1.11. The zero-order valence-electron chi connectivity index (χ0n) is 9.80. The van der Waals surface area contributed by atoms with Gasteiger partial charge in [0.1, 0.15) is 0 Å². The summed E-state index contributed by atoms with van der Waals surface area (Å²) in [5.74, 6) is 0.506. The van der Waals surface area contributed by atoms with Crippen molar-refractivity contribution in [2.45, 2.75) is 46.5 Å². The molecule has 0 saturated heterocycles. The summed E-state index contributed by atoms with van der Waals surface area (Å²) in [6.45, 7) is 6.44. The van der Waals surface area contributed by atoms with Crippen LogP contribution in [0.15, 0.2) is 11.6 Å². The first-order valence-corrected chi connectivity index (χ1v) is 5.35. The monoisotopic (exact) mass is 198 g/mol. The lowest BCUT2D eigenvalue weighted by Gasteiger charge is -2.09. The molecule has 0 spiro atoms. The van der Waals surface area contributed by atoms with Crippen LogP contribution in [-0.2, 0) is 9.53 Å². The molecule has 0 saturated carbocycles. The molecule has 0 aliphatic heterocycles. The molecule has 2 nitrogen and oxygen atoms in total. The first-order chi connectivity index (χ1) is 6.60. The molecule has 0 radical (unpaired) electrons. The number of carbonyl (C=O) groups excluding carboxylic acids is 1. The van der Waals surface area contributed by atoms with Crippen LogP contribution in [0.3, 0.4) is 0 Å². The van der Waals surface area contributed by atoms with Gasteiger partial charge in [0, 0.05) is 6.08 Å². The largest absolute Gasteiger partial charge is 0.466 e. The van der Waals surface area contributed by atoms with Crippen molar-refractivity contribution in [2.24, 2.45) is 5.92 Å². The fourth-order valence-corrected chi connectivity index (χ4v) is 1.44. The summed E-state index contributed by atoms with van der Waals surface area (Å²) in [6, 6.07) is 0. The van der Waals surface area contributed by atoms with E-state index in [0.717, 1.165) is 24.3 Å². The standard InChI is InChI=1S/C12H22O2/c1-5-6-10(2)7-8-11(3)9-12(13)14-4/h9-10H,5-8H2,1-4H3/b11-9-. The molecular weight excluding hydrogens is 176 g/mol. The van der Waals surface area contributed by atoms with E-state index < -0.39 is 0 Å². The SMILES string of the molecule is CCCC(C)CC/C(C)=C\C(=O)OC. The van der Waals surface area contributed by atoms with Crippen LogP contribution in [0.5, 0.6) is 0 Å². The van der Waals surface area contributed by atoms with Gasteiger partial charge in [-0.15, -0.1) is 0 Å². The van der Waals surface area contributed by atoms with E-state index in [1.807, 2.05) is 6.92 Å². The zero-order valence-corrected chi connectivity index (χ0v) is 9.80. The maximum atomic E-state index is 10.9. The van der Waals surface area contributed by atoms with Gasteiger partial charge in [0.05, 0.1) is 7.11 Å². The second-order valence-corrected chi connectivity index (χ2v) is 3.95. The Morgan fingerprint density at radius 1 is 1.43 bits per heavy atom. The molecule has 0 aromatic carbocycles. The molecule has 0 aromatic rings. The fraction of sp³-hybridized carbons (Fsp3) is 0.750. The quantitative estimate of drug-likeness (QED) is 0.483. The average molecular weight is 198 g/mol. The number of carbonyl (C=O) groups is 1. The van der Waals surface area contributed by atoms with Gasteiger partial charge in [-0.1, -0.05) is 32.3 Å². The molecule has 0 aromatic heterocycles. The number of hydrogen-bond acceptors (Lipinski definition) is 2. The highest BCUT2D eigenvalue weighted by atomic mass is 16.5. The van der Waals surface area contributed by atoms with Gasteiger partial charge in [0.25, 0.3) is 0 Å². The Bertz CT molecular complexity index is 194. The first-order valence-electron chi connectivity index (χ1n) is 5.35. The fourth-order valence-electron chi connectivity index (χ4n) is 1.44. The molecule has 82 valence electrons. The molecule has 0 N–H and O–H groups in total. The molecule has 0 bridgehead atoms. The van der Waals surface area contributed by atoms with Crippen LogP contribution in [0, 0.1) is 5.92 Å². The summed E-state index contributed by atoms with van der Waals surface area (Å²) in [4.78, 5) is 10.9. The molecule has 1 unspecified atom stereocenters. The van der Waals surface area contributed by atoms with Crippen molar-refractivity contribution in [3.63, 3.8) is 0 Å². The predicted molar refractivity (Wildman–Crippen MR) is 59.1 cm³/mol. The summed E-state index contributed by atoms with van der Waals surface area (Å²) < 4.78 is 4.56. The summed E-state index contributed by atoms with van der Waals surface area (Å²) in [7, 11) is 1.41. The van der Waals surface area contributed by atoms with Crippen LogP contribution in [0.25, 0.3) is 0 Å². The van der Waals surface area contributed by atoms with Crippen molar-refractivity contribution in [3.8, 4) is 0 Å². The Kier molecular flexibility index (Phi) is 7.17. The molecule has 0 amide bonds. The predicted octanol–water partition coefficient (Wildman–Crippen LogP) is 3.32. The minimum absolute atomic E-state index is 0.245. The van der Waals surface area contributed by atoms with E-state index in [0.29, 0.717) is 0 Å². The lowest BCUT2D eigenvalue weighted by Crippen LogP contribution is -1.98. The van der Waals surface area contributed by atoms with E-state index in [2.05, 4.69) is 18.6 Å². The third kappa shape index (κ3) is 6.70. The van der Waals surface area contributed by atoms with Gasteiger partial charge in [0.2, 0.25) is 0 Å². The van der Waals surface area contributed by atoms with Crippen LogP contribution in [0.1, 0.15) is 46.5 Å². The van der Waals surface area contributed by atoms with Gasteiger partial charge in [0.15, 0.2) is 0 Å². The third-order valence-electron chi connectivity index (χ3n) is 2.38. The number of ether oxygens (including phenoxy) is 1. The van der Waals surface area contributed by atoms with Crippen LogP contribution < -0.4 is 0 Å². The Hall–Kier alpha value is -0.790. The molecule has 1 atom stereocenters. The molecule has 2 heteroatoms. The van der Waals surface area contributed by atoms with Gasteiger partial charge >= 0.3 is 5.97 Å². The van der Waals surface area contributed by atoms with Crippen molar-refractivity contribution in [1.82, 2.24) is 0 Å². The number of allylic oxidation sites excluding steroid dienone is 1. The molecule has 0 heterocycles. The average Bonchev–Trinajstić information content (AvgIpc) is 2.15. The van der Waals surface area contributed by atoms with E-state index in [1.54, 1.807) is 6.08 Å². The van der Waals surface area contributed by atoms with E-state index in [9.17, 15) is 4.79 Å². The smallest absolute Gasteiger partial charge is 0.330 e. The van der Waals surface area contributed by atoms with Crippen molar-refractivity contribution < 1.29 is 9.53 Å².